The van der Waals surface area contributed by atoms with E-state index in [0.717, 1.165) is 25.9 Å². The molecule has 0 unspecified atom stereocenters. The third-order valence-electron chi connectivity index (χ3n) is 2.52. The molecule has 1 aromatic rings. The summed E-state index contributed by atoms with van der Waals surface area (Å²) in [6.45, 7) is 5.67. The third kappa shape index (κ3) is 3.63. The van der Waals surface area contributed by atoms with Gasteiger partial charge in [-0.2, -0.15) is 0 Å². The summed E-state index contributed by atoms with van der Waals surface area (Å²) in [5.74, 6) is 0.0251. The summed E-state index contributed by atoms with van der Waals surface area (Å²) < 4.78 is 0. The largest absolute Gasteiger partial charge is 0.398 e. The lowest BCUT2D eigenvalue weighted by molar-refractivity contribution is 0.0755. The summed E-state index contributed by atoms with van der Waals surface area (Å²) in [7, 11) is 0. The minimum Gasteiger partial charge on any atom is -0.398 e. The number of halogens is 1. The number of carbonyl (C=O) groups is 1. The van der Waals surface area contributed by atoms with Gasteiger partial charge in [0.2, 0.25) is 0 Å². The highest BCUT2D eigenvalue weighted by Gasteiger charge is 2.14. The first-order chi connectivity index (χ1) is 8.10. The molecule has 0 aliphatic rings. The Kier molecular flexibility index (Phi) is 5.29. The van der Waals surface area contributed by atoms with E-state index in [9.17, 15) is 4.79 Å². The van der Waals surface area contributed by atoms with Crippen molar-refractivity contribution in [1.82, 2.24) is 4.90 Å². The van der Waals surface area contributed by atoms with Crippen LogP contribution in [0.15, 0.2) is 18.2 Å². The van der Waals surface area contributed by atoms with Gasteiger partial charge in [-0.05, 0) is 31.0 Å². The molecular formula is C13H19ClN2O. The number of nitrogens with zero attached hydrogens (tertiary/aromatic N) is 1. The topological polar surface area (TPSA) is 46.3 Å². The normalized spacial score (nSPS) is 10.3. The fourth-order valence-electron chi connectivity index (χ4n) is 1.71. The first-order valence-electron chi connectivity index (χ1n) is 5.94. The molecule has 94 valence electrons. The molecule has 2 N–H and O–H groups in total. The van der Waals surface area contributed by atoms with Gasteiger partial charge < -0.3 is 10.6 Å². The van der Waals surface area contributed by atoms with Crippen LogP contribution in [0, 0.1) is 0 Å². The Labute approximate surface area is 108 Å². The fraction of sp³-hybridized carbons (Fsp3) is 0.462. The molecular weight excluding hydrogens is 236 g/mol. The van der Waals surface area contributed by atoms with E-state index in [1.807, 2.05) is 4.90 Å². The molecule has 1 aromatic carbocycles. The first kappa shape index (κ1) is 13.8. The molecule has 3 nitrogen and oxygen atoms in total. The van der Waals surface area contributed by atoms with E-state index in [1.165, 1.54) is 0 Å². The number of anilines is 1. The maximum absolute atomic E-state index is 12.2. The van der Waals surface area contributed by atoms with Gasteiger partial charge in [0.15, 0.2) is 0 Å². The molecule has 0 spiro atoms. The number of rotatable bonds is 5. The number of benzene rings is 1. The molecule has 1 rings (SSSR count). The molecule has 4 heteroatoms. The average molecular weight is 255 g/mol. The van der Waals surface area contributed by atoms with Crippen LogP contribution < -0.4 is 5.73 Å². The lowest BCUT2D eigenvalue weighted by atomic mass is 10.1. The Morgan fingerprint density at radius 1 is 1.29 bits per heavy atom. The van der Waals surface area contributed by atoms with Crippen molar-refractivity contribution < 1.29 is 4.79 Å². The van der Waals surface area contributed by atoms with E-state index in [4.69, 9.17) is 17.3 Å². The molecule has 0 saturated heterocycles. The standard InChI is InChI=1S/C13H19ClN2O/c1-3-7-16(8-4-2)13(17)10-5-6-11(14)12(15)9-10/h5-6,9H,3-4,7-8,15H2,1-2H3. The summed E-state index contributed by atoms with van der Waals surface area (Å²) in [6, 6.07) is 5.03. The zero-order chi connectivity index (χ0) is 12.8. The molecule has 0 saturated carbocycles. The van der Waals surface area contributed by atoms with Crippen molar-refractivity contribution in [3.8, 4) is 0 Å². The van der Waals surface area contributed by atoms with E-state index in [0.29, 0.717) is 16.3 Å². The second-order valence-corrected chi connectivity index (χ2v) is 4.44. The Morgan fingerprint density at radius 2 is 1.88 bits per heavy atom. The fourth-order valence-corrected chi connectivity index (χ4v) is 1.83. The molecule has 1 amide bonds. The smallest absolute Gasteiger partial charge is 0.253 e. The Morgan fingerprint density at radius 3 is 2.35 bits per heavy atom. The number of nitrogens with two attached hydrogens (primary N) is 1. The van der Waals surface area contributed by atoms with Gasteiger partial charge in [0.1, 0.15) is 0 Å². The van der Waals surface area contributed by atoms with Crippen molar-refractivity contribution >= 4 is 23.2 Å². The monoisotopic (exact) mass is 254 g/mol. The second kappa shape index (κ2) is 6.50. The SMILES string of the molecule is CCCN(CCC)C(=O)c1ccc(Cl)c(N)c1. The highest BCUT2D eigenvalue weighted by atomic mass is 35.5. The van der Waals surface area contributed by atoms with Gasteiger partial charge in [0.05, 0.1) is 10.7 Å². The van der Waals surface area contributed by atoms with Crippen molar-refractivity contribution in [3.05, 3.63) is 28.8 Å². The van der Waals surface area contributed by atoms with E-state index in [-0.39, 0.29) is 5.91 Å². The van der Waals surface area contributed by atoms with Gasteiger partial charge in [-0.3, -0.25) is 4.79 Å². The van der Waals surface area contributed by atoms with E-state index in [1.54, 1.807) is 18.2 Å². The van der Waals surface area contributed by atoms with Crippen LogP contribution in [0.25, 0.3) is 0 Å². The highest BCUT2D eigenvalue weighted by molar-refractivity contribution is 6.33. The summed E-state index contributed by atoms with van der Waals surface area (Å²) in [5.41, 5.74) is 6.76. The van der Waals surface area contributed by atoms with Crippen LogP contribution in [0.4, 0.5) is 5.69 Å². The van der Waals surface area contributed by atoms with Crippen molar-refractivity contribution in [3.63, 3.8) is 0 Å². The van der Waals surface area contributed by atoms with Gasteiger partial charge in [0, 0.05) is 18.7 Å². The van der Waals surface area contributed by atoms with E-state index in [2.05, 4.69) is 13.8 Å². The predicted octanol–water partition coefficient (Wildman–Crippen LogP) is 3.18. The predicted molar refractivity (Wildman–Crippen MR) is 72.3 cm³/mol. The molecule has 0 aliphatic carbocycles. The summed E-state index contributed by atoms with van der Waals surface area (Å²) in [4.78, 5) is 14.1. The number of nitrogen functional groups attached to an aromatic ring is 1. The molecule has 0 bridgehead atoms. The highest BCUT2D eigenvalue weighted by Crippen LogP contribution is 2.20. The molecule has 0 fully saturated rings. The molecule has 0 aliphatic heterocycles. The Balaban J connectivity index is 2.88. The number of amides is 1. The van der Waals surface area contributed by atoms with Gasteiger partial charge in [-0.25, -0.2) is 0 Å². The lowest BCUT2D eigenvalue weighted by Gasteiger charge is -2.21. The van der Waals surface area contributed by atoms with Crippen LogP contribution in [0.2, 0.25) is 5.02 Å². The molecule has 0 radical (unpaired) electrons. The Hall–Kier alpha value is -1.22. The summed E-state index contributed by atoms with van der Waals surface area (Å²) in [6.07, 6.45) is 1.91. The van der Waals surface area contributed by atoms with Crippen LogP contribution >= 0.6 is 11.6 Å². The van der Waals surface area contributed by atoms with Crippen LogP contribution in [-0.2, 0) is 0 Å². The van der Waals surface area contributed by atoms with Gasteiger partial charge in [-0.1, -0.05) is 25.4 Å². The molecule has 0 heterocycles. The summed E-state index contributed by atoms with van der Waals surface area (Å²) >= 11 is 5.84. The number of hydrogen-bond acceptors (Lipinski definition) is 2. The van der Waals surface area contributed by atoms with Gasteiger partial charge in [-0.15, -0.1) is 0 Å². The van der Waals surface area contributed by atoms with E-state index >= 15 is 0 Å². The molecule has 17 heavy (non-hydrogen) atoms. The zero-order valence-electron chi connectivity index (χ0n) is 10.4. The van der Waals surface area contributed by atoms with Crippen LogP contribution in [-0.4, -0.2) is 23.9 Å². The Bertz CT molecular complexity index is 387. The minimum absolute atomic E-state index is 0.0251. The molecule has 0 atom stereocenters. The van der Waals surface area contributed by atoms with Crippen molar-refractivity contribution in [1.29, 1.82) is 0 Å². The molecule has 0 aromatic heterocycles. The maximum Gasteiger partial charge on any atom is 0.253 e. The van der Waals surface area contributed by atoms with Crippen molar-refractivity contribution in [2.24, 2.45) is 0 Å². The lowest BCUT2D eigenvalue weighted by Crippen LogP contribution is -2.32. The van der Waals surface area contributed by atoms with Gasteiger partial charge in [0.25, 0.3) is 5.91 Å². The zero-order valence-corrected chi connectivity index (χ0v) is 11.1. The van der Waals surface area contributed by atoms with Gasteiger partial charge >= 0.3 is 0 Å². The maximum atomic E-state index is 12.2. The van der Waals surface area contributed by atoms with Crippen molar-refractivity contribution in [2.45, 2.75) is 26.7 Å². The number of carbonyl (C=O) groups excluding carboxylic acids is 1. The minimum atomic E-state index is 0.0251. The van der Waals surface area contributed by atoms with Crippen LogP contribution in [0.1, 0.15) is 37.0 Å². The first-order valence-corrected chi connectivity index (χ1v) is 6.32. The third-order valence-corrected chi connectivity index (χ3v) is 2.86. The van der Waals surface area contributed by atoms with Crippen LogP contribution in [0.5, 0.6) is 0 Å². The van der Waals surface area contributed by atoms with Crippen LogP contribution in [0.3, 0.4) is 0 Å². The average Bonchev–Trinajstić information content (AvgIpc) is 2.31. The van der Waals surface area contributed by atoms with E-state index < -0.39 is 0 Å². The second-order valence-electron chi connectivity index (χ2n) is 4.03. The number of hydrogen-bond donors (Lipinski definition) is 1. The summed E-state index contributed by atoms with van der Waals surface area (Å²) in [5, 5.41) is 0.485. The van der Waals surface area contributed by atoms with Crippen molar-refractivity contribution in [2.75, 3.05) is 18.8 Å². The quantitative estimate of drug-likeness (QED) is 0.821.